The first-order valence-electron chi connectivity index (χ1n) is 10.5. The highest BCUT2D eigenvalue weighted by molar-refractivity contribution is 7.13. The van der Waals surface area contributed by atoms with Gasteiger partial charge in [0.1, 0.15) is 11.5 Å². The van der Waals surface area contributed by atoms with Crippen LogP contribution < -0.4 is 4.74 Å². The quantitative estimate of drug-likeness (QED) is 0.424. The van der Waals surface area contributed by atoms with E-state index in [1.165, 1.54) is 0 Å². The van der Waals surface area contributed by atoms with Gasteiger partial charge in [-0.15, -0.1) is 11.3 Å². The van der Waals surface area contributed by atoms with Gasteiger partial charge >= 0.3 is 5.97 Å². The second-order valence-corrected chi connectivity index (χ2v) is 8.38. The molecule has 3 rings (SSSR count). The molecule has 0 aliphatic heterocycles. The van der Waals surface area contributed by atoms with E-state index < -0.39 is 11.6 Å². The topological polar surface area (TPSA) is 81.8 Å². The molecule has 2 heterocycles. The van der Waals surface area contributed by atoms with E-state index in [0.29, 0.717) is 38.4 Å². The summed E-state index contributed by atoms with van der Waals surface area (Å²) in [4.78, 5) is 17.4. The first kappa shape index (κ1) is 23.0. The summed E-state index contributed by atoms with van der Waals surface area (Å²) in [7, 11) is 0. The Bertz CT molecular complexity index is 1010. The number of aromatic nitrogens is 1. The number of thiophene rings is 1. The third-order valence-corrected chi connectivity index (χ3v) is 6.36. The third kappa shape index (κ3) is 5.35. The van der Waals surface area contributed by atoms with E-state index >= 15 is 0 Å². The molecule has 0 bridgehead atoms. The Morgan fingerprint density at radius 1 is 1.19 bits per heavy atom. The van der Waals surface area contributed by atoms with Gasteiger partial charge in [0.05, 0.1) is 17.2 Å². The smallest absolute Gasteiger partial charge is 0.336 e. The van der Waals surface area contributed by atoms with Crippen molar-refractivity contribution in [2.24, 2.45) is 0 Å². The Labute approximate surface area is 186 Å². The van der Waals surface area contributed by atoms with Gasteiger partial charge in [0.2, 0.25) is 5.89 Å². The van der Waals surface area contributed by atoms with Crippen molar-refractivity contribution < 1.29 is 23.8 Å². The van der Waals surface area contributed by atoms with Crippen LogP contribution in [-0.4, -0.2) is 34.9 Å². The van der Waals surface area contributed by atoms with E-state index in [1.54, 1.807) is 11.3 Å². The van der Waals surface area contributed by atoms with E-state index in [-0.39, 0.29) is 0 Å². The Balaban J connectivity index is 1.58. The van der Waals surface area contributed by atoms with E-state index in [0.717, 1.165) is 33.2 Å². The highest BCUT2D eigenvalue weighted by Gasteiger charge is 2.37. The molecule has 0 amide bonds. The van der Waals surface area contributed by atoms with Crippen molar-refractivity contribution in [3.63, 3.8) is 0 Å². The summed E-state index contributed by atoms with van der Waals surface area (Å²) in [5.74, 6) is 1.27. The van der Waals surface area contributed by atoms with E-state index in [1.807, 2.05) is 57.3 Å². The number of carboxylic acid groups (broad SMARTS) is 1. The third-order valence-electron chi connectivity index (χ3n) is 5.35. The number of ether oxygens (including phenoxy) is 2. The molecule has 1 aromatic carbocycles. The summed E-state index contributed by atoms with van der Waals surface area (Å²) >= 11 is 1.62. The summed E-state index contributed by atoms with van der Waals surface area (Å²) in [6.45, 7) is 8.44. The Morgan fingerprint density at radius 2 is 1.94 bits per heavy atom. The minimum Gasteiger partial charge on any atom is -0.493 e. The van der Waals surface area contributed by atoms with Crippen LogP contribution in [0, 0.1) is 13.8 Å². The normalized spacial score (nSPS) is 13.2. The molecule has 0 aliphatic rings. The highest BCUT2D eigenvalue weighted by atomic mass is 32.1. The molecule has 1 N–H and O–H groups in total. The average molecular weight is 444 g/mol. The number of hydrogen-bond donors (Lipinski definition) is 1. The van der Waals surface area contributed by atoms with Gasteiger partial charge in [-0.2, -0.15) is 0 Å². The fourth-order valence-corrected chi connectivity index (χ4v) is 4.34. The van der Waals surface area contributed by atoms with E-state index in [9.17, 15) is 9.90 Å². The van der Waals surface area contributed by atoms with Crippen LogP contribution in [0.4, 0.5) is 0 Å². The molecule has 0 saturated carbocycles. The zero-order valence-corrected chi connectivity index (χ0v) is 19.3. The van der Waals surface area contributed by atoms with Crippen LogP contribution in [0.15, 0.2) is 40.1 Å². The van der Waals surface area contributed by atoms with Crippen molar-refractivity contribution in [1.29, 1.82) is 0 Å². The maximum absolute atomic E-state index is 11.8. The summed E-state index contributed by atoms with van der Waals surface area (Å²) < 4.78 is 17.3. The largest absolute Gasteiger partial charge is 0.493 e. The molecule has 166 valence electrons. The minimum absolute atomic E-state index is 0.315. The highest BCUT2D eigenvalue weighted by Crippen LogP contribution is 2.30. The molecule has 0 aliphatic carbocycles. The molecule has 6 nitrogen and oxygen atoms in total. The standard InChI is InChI=1S/C24H29NO5S/c1-5-24(23(26)27,29-6-2)15-18-7-9-19(10-8-18)28-13-11-20-17(4)30-22(25-20)21-16(3)12-14-31-21/h7-10,12,14H,5-6,11,13,15H2,1-4H3,(H,26,27)/t24-/m0/s1. The van der Waals surface area contributed by atoms with Crippen LogP contribution in [0.2, 0.25) is 0 Å². The van der Waals surface area contributed by atoms with Crippen molar-refractivity contribution in [3.05, 3.63) is 58.3 Å². The first-order valence-corrected chi connectivity index (χ1v) is 11.4. The van der Waals surface area contributed by atoms with Crippen LogP contribution in [0.5, 0.6) is 5.75 Å². The molecule has 7 heteroatoms. The monoisotopic (exact) mass is 443 g/mol. The SMILES string of the molecule is CCO[C@@](CC)(Cc1ccc(OCCc2nc(-c3sccc3C)oc2C)cc1)C(=O)O. The lowest BCUT2D eigenvalue weighted by Gasteiger charge is -2.28. The molecule has 0 unspecified atom stereocenters. The summed E-state index contributed by atoms with van der Waals surface area (Å²) in [5, 5.41) is 11.7. The number of hydrogen-bond acceptors (Lipinski definition) is 6. The molecule has 3 aromatic rings. The average Bonchev–Trinajstić information content (AvgIpc) is 3.34. The van der Waals surface area contributed by atoms with Crippen LogP contribution >= 0.6 is 11.3 Å². The molecule has 1 atom stereocenters. The number of aliphatic carboxylic acids is 1. The van der Waals surface area contributed by atoms with Crippen molar-refractivity contribution in [3.8, 4) is 16.5 Å². The Morgan fingerprint density at radius 3 is 2.52 bits per heavy atom. The number of rotatable bonds is 11. The minimum atomic E-state index is -1.19. The van der Waals surface area contributed by atoms with Crippen molar-refractivity contribution in [2.75, 3.05) is 13.2 Å². The number of nitrogens with zero attached hydrogens (tertiary/aromatic N) is 1. The molecule has 0 fully saturated rings. The molecular formula is C24H29NO5S. The van der Waals surface area contributed by atoms with Crippen LogP contribution in [0.3, 0.4) is 0 Å². The molecule has 0 radical (unpaired) electrons. The van der Waals surface area contributed by atoms with Gasteiger partial charge in [0.25, 0.3) is 0 Å². The van der Waals surface area contributed by atoms with Gasteiger partial charge in [0, 0.05) is 19.4 Å². The maximum atomic E-state index is 11.8. The van der Waals surface area contributed by atoms with Crippen molar-refractivity contribution in [2.45, 2.75) is 52.6 Å². The molecule has 2 aromatic heterocycles. The zero-order chi connectivity index (χ0) is 22.4. The lowest BCUT2D eigenvalue weighted by Crippen LogP contribution is -2.43. The molecule has 31 heavy (non-hydrogen) atoms. The lowest BCUT2D eigenvalue weighted by atomic mass is 9.91. The summed E-state index contributed by atoms with van der Waals surface area (Å²) in [6, 6.07) is 9.56. The van der Waals surface area contributed by atoms with Crippen molar-refractivity contribution in [1.82, 2.24) is 4.98 Å². The Kier molecular flexibility index (Phi) is 7.51. The van der Waals surface area contributed by atoms with Gasteiger partial charge in [-0.1, -0.05) is 19.1 Å². The number of benzene rings is 1. The maximum Gasteiger partial charge on any atom is 0.336 e. The second-order valence-electron chi connectivity index (χ2n) is 7.46. The van der Waals surface area contributed by atoms with E-state index in [4.69, 9.17) is 13.9 Å². The van der Waals surface area contributed by atoms with Crippen LogP contribution in [0.1, 0.15) is 42.8 Å². The fraction of sp³-hybridized carbons (Fsp3) is 0.417. The Hall–Kier alpha value is -2.64. The number of oxazole rings is 1. The predicted octanol–water partition coefficient (Wildman–Crippen LogP) is 5.45. The summed E-state index contributed by atoms with van der Waals surface area (Å²) in [5.41, 5.74) is 1.76. The molecule has 0 saturated heterocycles. The van der Waals surface area contributed by atoms with Gasteiger partial charge in [0.15, 0.2) is 5.60 Å². The predicted molar refractivity (Wildman–Crippen MR) is 121 cm³/mol. The van der Waals surface area contributed by atoms with Crippen LogP contribution in [-0.2, 0) is 22.4 Å². The second kappa shape index (κ2) is 10.1. The van der Waals surface area contributed by atoms with Crippen LogP contribution in [0.25, 0.3) is 10.8 Å². The summed E-state index contributed by atoms with van der Waals surface area (Å²) in [6.07, 6.45) is 1.36. The van der Waals surface area contributed by atoms with Gasteiger partial charge in [-0.25, -0.2) is 9.78 Å². The van der Waals surface area contributed by atoms with Crippen molar-refractivity contribution >= 4 is 17.3 Å². The van der Waals surface area contributed by atoms with Gasteiger partial charge < -0.3 is 19.0 Å². The fourth-order valence-electron chi connectivity index (χ4n) is 3.49. The molecular weight excluding hydrogens is 414 g/mol. The first-order chi connectivity index (χ1) is 14.9. The van der Waals surface area contributed by atoms with Gasteiger partial charge in [-0.3, -0.25) is 0 Å². The molecule has 0 spiro atoms. The number of carbonyl (C=O) groups is 1. The zero-order valence-electron chi connectivity index (χ0n) is 18.4. The van der Waals surface area contributed by atoms with Gasteiger partial charge in [-0.05, 0) is 61.9 Å². The lowest BCUT2D eigenvalue weighted by molar-refractivity contribution is -0.166. The van der Waals surface area contributed by atoms with E-state index in [2.05, 4.69) is 11.1 Å². The number of carboxylic acids is 1. The number of aryl methyl sites for hydroxylation is 2.